The zero-order valence-corrected chi connectivity index (χ0v) is 16.6. The number of amides is 1. The topological polar surface area (TPSA) is 82.6 Å². The van der Waals surface area contributed by atoms with Crippen LogP contribution in [0.25, 0.3) is 11.3 Å². The standard InChI is InChI=1S/C22H23N3O4/c1-27-17-6-4-16(5-7-17)20-13-23-14-21(25-20)22(26)24-9-8-15-10-18(28-2)12-19(11-15)29-3/h4-7,10-14H,8-9H2,1-3H3,(H,24,26). The van der Waals surface area contributed by atoms with Crippen molar-refractivity contribution in [3.8, 4) is 28.5 Å². The fourth-order valence-electron chi connectivity index (χ4n) is 2.80. The van der Waals surface area contributed by atoms with Crippen LogP contribution in [-0.4, -0.2) is 43.7 Å². The lowest BCUT2D eigenvalue weighted by Gasteiger charge is -2.09. The highest BCUT2D eigenvalue weighted by atomic mass is 16.5. The number of hydrogen-bond donors (Lipinski definition) is 1. The maximum Gasteiger partial charge on any atom is 0.271 e. The van der Waals surface area contributed by atoms with Crippen molar-refractivity contribution in [1.82, 2.24) is 15.3 Å². The van der Waals surface area contributed by atoms with Crippen molar-refractivity contribution in [1.29, 1.82) is 0 Å². The molecule has 0 bridgehead atoms. The van der Waals surface area contributed by atoms with Gasteiger partial charge in [0.05, 0.1) is 39.4 Å². The minimum atomic E-state index is -0.275. The third kappa shape index (κ3) is 5.22. The molecule has 0 spiro atoms. The van der Waals surface area contributed by atoms with E-state index >= 15 is 0 Å². The fraction of sp³-hybridized carbons (Fsp3) is 0.227. The second kappa shape index (κ2) is 9.54. The van der Waals surface area contributed by atoms with Gasteiger partial charge in [0, 0.05) is 18.2 Å². The Balaban J connectivity index is 1.64. The minimum Gasteiger partial charge on any atom is -0.497 e. The van der Waals surface area contributed by atoms with E-state index in [2.05, 4.69) is 15.3 Å². The van der Waals surface area contributed by atoms with Gasteiger partial charge in [-0.1, -0.05) is 0 Å². The molecule has 0 fully saturated rings. The number of carbonyl (C=O) groups excluding carboxylic acids is 1. The number of benzene rings is 2. The molecule has 1 heterocycles. The lowest BCUT2D eigenvalue weighted by Crippen LogP contribution is -2.26. The van der Waals surface area contributed by atoms with Crippen molar-refractivity contribution < 1.29 is 19.0 Å². The Labute approximate surface area is 169 Å². The lowest BCUT2D eigenvalue weighted by molar-refractivity contribution is 0.0949. The first-order valence-electron chi connectivity index (χ1n) is 9.09. The van der Waals surface area contributed by atoms with E-state index in [-0.39, 0.29) is 11.6 Å². The maximum atomic E-state index is 12.5. The van der Waals surface area contributed by atoms with Crippen molar-refractivity contribution in [3.63, 3.8) is 0 Å². The first-order valence-corrected chi connectivity index (χ1v) is 9.09. The second-order valence-electron chi connectivity index (χ2n) is 6.24. The van der Waals surface area contributed by atoms with Gasteiger partial charge >= 0.3 is 0 Å². The molecule has 0 saturated heterocycles. The van der Waals surface area contributed by atoms with Gasteiger partial charge < -0.3 is 19.5 Å². The highest BCUT2D eigenvalue weighted by molar-refractivity contribution is 5.92. The molecule has 1 aromatic heterocycles. The number of ether oxygens (including phenoxy) is 3. The largest absolute Gasteiger partial charge is 0.497 e. The molecular weight excluding hydrogens is 370 g/mol. The van der Waals surface area contributed by atoms with Crippen LogP contribution in [0.1, 0.15) is 16.1 Å². The van der Waals surface area contributed by atoms with Gasteiger partial charge in [-0.15, -0.1) is 0 Å². The summed E-state index contributed by atoms with van der Waals surface area (Å²) in [5.74, 6) is 1.90. The van der Waals surface area contributed by atoms with E-state index in [1.54, 1.807) is 27.5 Å². The zero-order valence-electron chi connectivity index (χ0n) is 16.6. The molecule has 3 aromatic rings. The summed E-state index contributed by atoms with van der Waals surface area (Å²) >= 11 is 0. The van der Waals surface area contributed by atoms with Crippen LogP contribution in [0.3, 0.4) is 0 Å². The molecule has 0 aliphatic rings. The van der Waals surface area contributed by atoms with E-state index < -0.39 is 0 Å². The van der Waals surface area contributed by atoms with Crippen LogP contribution in [0.5, 0.6) is 17.2 Å². The van der Waals surface area contributed by atoms with Gasteiger partial charge in [-0.2, -0.15) is 0 Å². The summed E-state index contributed by atoms with van der Waals surface area (Å²) in [6, 6.07) is 13.1. The van der Waals surface area contributed by atoms with Gasteiger partial charge in [0.25, 0.3) is 5.91 Å². The van der Waals surface area contributed by atoms with E-state index in [0.717, 1.165) is 16.9 Å². The van der Waals surface area contributed by atoms with Gasteiger partial charge in [0.15, 0.2) is 0 Å². The molecule has 0 aliphatic heterocycles. The Bertz CT molecular complexity index is 952. The van der Waals surface area contributed by atoms with Crippen molar-refractivity contribution >= 4 is 5.91 Å². The summed E-state index contributed by atoms with van der Waals surface area (Å²) in [6.07, 6.45) is 3.71. The second-order valence-corrected chi connectivity index (χ2v) is 6.24. The highest BCUT2D eigenvalue weighted by Crippen LogP contribution is 2.23. The lowest BCUT2D eigenvalue weighted by atomic mass is 10.1. The van der Waals surface area contributed by atoms with Crippen molar-refractivity contribution in [2.75, 3.05) is 27.9 Å². The van der Waals surface area contributed by atoms with Crippen molar-refractivity contribution in [3.05, 3.63) is 66.1 Å². The molecule has 29 heavy (non-hydrogen) atoms. The molecule has 3 rings (SSSR count). The highest BCUT2D eigenvalue weighted by Gasteiger charge is 2.10. The Hall–Kier alpha value is -3.61. The van der Waals surface area contributed by atoms with Crippen LogP contribution >= 0.6 is 0 Å². The molecule has 7 nitrogen and oxygen atoms in total. The molecular formula is C22H23N3O4. The average Bonchev–Trinajstić information content (AvgIpc) is 2.78. The Morgan fingerprint density at radius 2 is 1.55 bits per heavy atom. The molecule has 1 N–H and O–H groups in total. The van der Waals surface area contributed by atoms with Gasteiger partial charge in [-0.3, -0.25) is 9.78 Å². The van der Waals surface area contributed by atoms with Crippen LogP contribution in [0, 0.1) is 0 Å². The normalized spacial score (nSPS) is 10.3. The number of aromatic nitrogens is 2. The molecule has 150 valence electrons. The van der Waals surface area contributed by atoms with Crippen molar-refractivity contribution in [2.24, 2.45) is 0 Å². The van der Waals surface area contributed by atoms with Gasteiger partial charge in [0.2, 0.25) is 0 Å². The quantitative estimate of drug-likeness (QED) is 0.633. The van der Waals surface area contributed by atoms with Gasteiger partial charge in [-0.25, -0.2) is 4.98 Å². The number of nitrogens with zero attached hydrogens (tertiary/aromatic N) is 2. The third-order valence-electron chi connectivity index (χ3n) is 4.36. The number of carbonyl (C=O) groups is 1. The summed E-state index contributed by atoms with van der Waals surface area (Å²) < 4.78 is 15.7. The molecule has 0 unspecified atom stereocenters. The molecule has 0 aliphatic carbocycles. The predicted octanol–water partition coefficient (Wildman–Crippen LogP) is 3.14. The number of methoxy groups -OCH3 is 3. The van der Waals surface area contributed by atoms with Gasteiger partial charge in [0.1, 0.15) is 22.9 Å². The molecule has 0 saturated carbocycles. The minimum absolute atomic E-state index is 0.265. The van der Waals surface area contributed by atoms with E-state index in [9.17, 15) is 4.79 Å². The van der Waals surface area contributed by atoms with Crippen LogP contribution in [0.2, 0.25) is 0 Å². The summed E-state index contributed by atoms with van der Waals surface area (Å²) in [5.41, 5.74) is 2.75. The Morgan fingerprint density at radius 3 is 2.17 bits per heavy atom. The first kappa shape index (κ1) is 20.1. The predicted molar refractivity (Wildman–Crippen MR) is 110 cm³/mol. The summed E-state index contributed by atoms with van der Waals surface area (Å²) in [7, 11) is 4.82. The molecule has 7 heteroatoms. The van der Waals surface area contributed by atoms with E-state index in [4.69, 9.17) is 14.2 Å². The summed E-state index contributed by atoms with van der Waals surface area (Å²) in [4.78, 5) is 21.1. The molecule has 0 radical (unpaired) electrons. The smallest absolute Gasteiger partial charge is 0.271 e. The van der Waals surface area contributed by atoms with Crippen molar-refractivity contribution in [2.45, 2.75) is 6.42 Å². The van der Waals surface area contributed by atoms with Gasteiger partial charge in [-0.05, 0) is 48.4 Å². The van der Waals surface area contributed by atoms with E-state index in [0.29, 0.717) is 30.2 Å². The van der Waals surface area contributed by atoms with E-state index in [1.165, 1.54) is 6.20 Å². The monoisotopic (exact) mass is 393 g/mol. The SMILES string of the molecule is COc1ccc(-c2cncc(C(=O)NCCc3cc(OC)cc(OC)c3)n2)cc1. The molecule has 0 atom stereocenters. The summed E-state index contributed by atoms with van der Waals surface area (Å²) in [6.45, 7) is 0.448. The van der Waals surface area contributed by atoms with E-state index in [1.807, 2.05) is 42.5 Å². The van der Waals surface area contributed by atoms with Crippen LogP contribution in [-0.2, 0) is 6.42 Å². The Morgan fingerprint density at radius 1 is 0.897 bits per heavy atom. The number of nitrogens with one attached hydrogen (secondary N) is 1. The zero-order chi connectivity index (χ0) is 20.6. The van der Waals surface area contributed by atoms with Crippen LogP contribution < -0.4 is 19.5 Å². The average molecular weight is 393 g/mol. The van der Waals surface area contributed by atoms with Crippen LogP contribution in [0.4, 0.5) is 0 Å². The summed E-state index contributed by atoms with van der Waals surface area (Å²) in [5, 5.41) is 2.88. The first-order chi connectivity index (χ1) is 14.1. The van der Waals surface area contributed by atoms with Crippen LogP contribution in [0.15, 0.2) is 54.9 Å². The molecule has 1 amide bonds. The number of hydrogen-bond acceptors (Lipinski definition) is 6. The Kier molecular flexibility index (Phi) is 6.63. The third-order valence-corrected chi connectivity index (χ3v) is 4.36. The fourth-order valence-corrected chi connectivity index (χ4v) is 2.80. The number of rotatable bonds is 8. The maximum absolute atomic E-state index is 12.5. The molecule has 2 aromatic carbocycles.